The monoisotopic (exact) mass is 361 g/mol. The number of halogens is 1. The van der Waals surface area contributed by atoms with Crippen LogP contribution in [0.4, 0.5) is 5.82 Å². The summed E-state index contributed by atoms with van der Waals surface area (Å²) in [6, 6.07) is 8.43. The fraction of sp³-hybridized carbons (Fsp3) is 0.312. The zero-order chi connectivity index (χ0) is 15.5. The fourth-order valence-electron chi connectivity index (χ4n) is 2.76. The third kappa shape index (κ3) is 3.44. The average Bonchev–Trinajstić information content (AvgIpc) is 2.98. The molecule has 22 heavy (non-hydrogen) atoms. The Kier molecular flexibility index (Phi) is 4.38. The van der Waals surface area contributed by atoms with Crippen LogP contribution in [-0.2, 0) is 6.42 Å². The van der Waals surface area contributed by atoms with E-state index in [1.54, 1.807) is 6.20 Å². The maximum absolute atomic E-state index is 10.8. The summed E-state index contributed by atoms with van der Waals surface area (Å²) < 4.78 is 1.10. The lowest BCUT2D eigenvalue weighted by molar-refractivity contribution is 0.0690. The number of rotatable bonds is 4. The van der Waals surface area contributed by atoms with Crippen LogP contribution in [0, 0.1) is 5.92 Å². The molecular weight excluding hydrogens is 346 g/mol. The normalized spacial score (nSPS) is 17.7. The molecule has 3 rings (SSSR count). The van der Waals surface area contributed by atoms with Gasteiger partial charge in [-0.3, -0.25) is 0 Å². The van der Waals surface area contributed by atoms with Crippen LogP contribution in [0.15, 0.2) is 41.1 Å². The molecule has 1 fully saturated rings. The van der Waals surface area contributed by atoms with Gasteiger partial charge in [-0.15, -0.1) is 0 Å². The first-order valence-corrected chi connectivity index (χ1v) is 7.96. The van der Waals surface area contributed by atoms with Crippen molar-refractivity contribution in [1.82, 2.24) is 9.97 Å². The molecule has 1 aromatic heterocycles. The van der Waals surface area contributed by atoms with Crippen molar-refractivity contribution in [3.63, 3.8) is 0 Å². The minimum absolute atomic E-state index is 0.0191. The van der Waals surface area contributed by atoms with Gasteiger partial charge in [0.25, 0.3) is 0 Å². The Hall–Kier alpha value is -1.95. The van der Waals surface area contributed by atoms with Gasteiger partial charge in [-0.05, 0) is 36.5 Å². The van der Waals surface area contributed by atoms with Crippen molar-refractivity contribution in [3.8, 4) is 0 Å². The first-order valence-electron chi connectivity index (χ1n) is 7.16. The van der Waals surface area contributed by atoms with E-state index >= 15 is 0 Å². The van der Waals surface area contributed by atoms with Crippen LogP contribution in [0.1, 0.15) is 22.5 Å². The maximum Gasteiger partial charge on any atom is 0.356 e. The van der Waals surface area contributed by atoms with Gasteiger partial charge in [0.2, 0.25) is 0 Å². The average molecular weight is 362 g/mol. The summed E-state index contributed by atoms with van der Waals surface area (Å²) in [4.78, 5) is 21.1. The van der Waals surface area contributed by atoms with Crippen molar-refractivity contribution in [2.24, 2.45) is 5.92 Å². The molecule has 1 aliphatic rings. The van der Waals surface area contributed by atoms with E-state index in [0.717, 1.165) is 36.2 Å². The quantitative estimate of drug-likeness (QED) is 0.906. The van der Waals surface area contributed by atoms with Crippen molar-refractivity contribution in [2.45, 2.75) is 12.8 Å². The molecule has 0 radical (unpaired) electrons. The number of carbonyl (C=O) groups is 1. The predicted octanol–water partition coefficient (Wildman–Crippen LogP) is 3.01. The van der Waals surface area contributed by atoms with Crippen LogP contribution in [0.2, 0.25) is 0 Å². The van der Waals surface area contributed by atoms with Crippen molar-refractivity contribution >= 4 is 27.7 Å². The molecule has 5 nitrogen and oxygen atoms in total. The van der Waals surface area contributed by atoms with Crippen LogP contribution < -0.4 is 4.90 Å². The second-order valence-electron chi connectivity index (χ2n) is 5.50. The molecule has 114 valence electrons. The zero-order valence-electron chi connectivity index (χ0n) is 11.9. The molecular formula is C16H16BrN3O2. The Bertz CT molecular complexity index is 658. The number of nitrogens with zero attached hydrogens (tertiary/aromatic N) is 3. The van der Waals surface area contributed by atoms with Crippen LogP contribution in [-0.4, -0.2) is 34.1 Å². The molecule has 0 amide bonds. The SMILES string of the molecule is O=C(O)c1cnc(N2CCC(Cc3ccc(Br)cc3)C2)cn1. The summed E-state index contributed by atoms with van der Waals surface area (Å²) in [5.41, 5.74) is 1.32. The predicted molar refractivity (Wildman–Crippen MR) is 87.2 cm³/mol. The van der Waals surface area contributed by atoms with Gasteiger partial charge in [-0.25, -0.2) is 14.8 Å². The molecule has 0 spiro atoms. The number of hydrogen-bond donors (Lipinski definition) is 1. The van der Waals surface area contributed by atoms with Crippen LogP contribution in [0.5, 0.6) is 0 Å². The number of carboxylic acids is 1. The molecule has 6 heteroatoms. The van der Waals surface area contributed by atoms with Crippen molar-refractivity contribution in [1.29, 1.82) is 0 Å². The molecule has 0 bridgehead atoms. The smallest absolute Gasteiger partial charge is 0.356 e. The highest BCUT2D eigenvalue weighted by molar-refractivity contribution is 9.10. The minimum Gasteiger partial charge on any atom is -0.476 e. The van der Waals surface area contributed by atoms with Gasteiger partial charge < -0.3 is 10.0 Å². The van der Waals surface area contributed by atoms with Gasteiger partial charge in [0.1, 0.15) is 5.82 Å². The molecule has 1 atom stereocenters. The highest BCUT2D eigenvalue weighted by Crippen LogP contribution is 2.25. The largest absolute Gasteiger partial charge is 0.476 e. The van der Waals surface area contributed by atoms with Gasteiger partial charge in [0, 0.05) is 17.6 Å². The zero-order valence-corrected chi connectivity index (χ0v) is 13.5. The van der Waals surface area contributed by atoms with E-state index in [1.807, 2.05) is 0 Å². The lowest BCUT2D eigenvalue weighted by atomic mass is 9.99. The lowest BCUT2D eigenvalue weighted by Gasteiger charge is -2.17. The molecule has 1 N–H and O–H groups in total. The molecule has 1 unspecified atom stereocenters. The van der Waals surface area contributed by atoms with E-state index in [2.05, 4.69) is 55.1 Å². The van der Waals surface area contributed by atoms with Crippen LogP contribution in [0.25, 0.3) is 0 Å². The summed E-state index contributed by atoms with van der Waals surface area (Å²) in [5, 5.41) is 8.85. The van der Waals surface area contributed by atoms with E-state index in [4.69, 9.17) is 5.11 Å². The summed E-state index contributed by atoms with van der Waals surface area (Å²) >= 11 is 3.45. The van der Waals surface area contributed by atoms with Gasteiger partial charge in [-0.1, -0.05) is 28.1 Å². The second-order valence-corrected chi connectivity index (χ2v) is 6.41. The highest BCUT2D eigenvalue weighted by Gasteiger charge is 2.24. The van der Waals surface area contributed by atoms with Crippen molar-refractivity contribution in [2.75, 3.05) is 18.0 Å². The van der Waals surface area contributed by atoms with E-state index < -0.39 is 5.97 Å². The molecule has 0 aliphatic carbocycles. The Balaban J connectivity index is 1.62. The fourth-order valence-corrected chi connectivity index (χ4v) is 3.02. The highest BCUT2D eigenvalue weighted by atomic mass is 79.9. The van der Waals surface area contributed by atoms with Crippen molar-refractivity contribution < 1.29 is 9.90 Å². The Morgan fingerprint density at radius 3 is 2.68 bits per heavy atom. The molecule has 2 heterocycles. The Morgan fingerprint density at radius 1 is 1.27 bits per heavy atom. The summed E-state index contributed by atoms with van der Waals surface area (Å²) in [6.45, 7) is 1.86. The summed E-state index contributed by atoms with van der Waals surface area (Å²) in [6.07, 6.45) is 5.02. The molecule has 1 aromatic carbocycles. The maximum atomic E-state index is 10.8. The van der Waals surface area contributed by atoms with Gasteiger partial charge in [0.15, 0.2) is 5.69 Å². The first kappa shape index (κ1) is 15.0. The van der Waals surface area contributed by atoms with E-state index in [-0.39, 0.29) is 5.69 Å². The Morgan fingerprint density at radius 2 is 2.05 bits per heavy atom. The third-order valence-corrected chi connectivity index (χ3v) is 4.43. The third-order valence-electron chi connectivity index (χ3n) is 3.90. The second kappa shape index (κ2) is 6.44. The van der Waals surface area contributed by atoms with Gasteiger partial charge in [-0.2, -0.15) is 0 Å². The number of anilines is 1. The lowest BCUT2D eigenvalue weighted by Crippen LogP contribution is -2.21. The molecule has 2 aromatic rings. The van der Waals surface area contributed by atoms with Gasteiger partial charge in [0.05, 0.1) is 12.4 Å². The summed E-state index contributed by atoms with van der Waals surface area (Å²) in [7, 11) is 0. The first-order chi connectivity index (χ1) is 10.6. The van der Waals surface area contributed by atoms with Gasteiger partial charge >= 0.3 is 5.97 Å². The number of benzene rings is 1. The van der Waals surface area contributed by atoms with E-state index in [9.17, 15) is 4.79 Å². The number of aromatic nitrogens is 2. The number of aromatic carboxylic acids is 1. The van der Waals surface area contributed by atoms with Crippen LogP contribution >= 0.6 is 15.9 Å². The minimum atomic E-state index is -1.05. The molecule has 1 aliphatic heterocycles. The van der Waals surface area contributed by atoms with E-state index in [0.29, 0.717) is 5.92 Å². The topological polar surface area (TPSA) is 66.3 Å². The number of carboxylic acid groups (broad SMARTS) is 1. The van der Waals surface area contributed by atoms with E-state index in [1.165, 1.54) is 11.8 Å². The number of hydrogen-bond acceptors (Lipinski definition) is 4. The molecule has 1 saturated heterocycles. The van der Waals surface area contributed by atoms with Crippen molar-refractivity contribution in [3.05, 3.63) is 52.4 Å². The van der Waals surface area contributed by atoms with Crippen LogP contribution in [0.3, 0.4) is 0 Å². The molecule has 0 saturated carbocycles. The standard InChI is InChI=1S/C16H16BrN3O2/c17-13-3-1-11(2-4-13)7-12-5-6-20(10-12)15-9-18-14(8-19-15)16(21)22/h1-4,8-9,12H,5-7,10H2,(H,21,22). The Labute approximate surface area is 137 Å². The summed E-state index contributed by atoms with van der Waals surface area (Å²) in [5.74, 6) is 0.291.